The Hall–Kier alpha value is -2.71. The maximum absolute atomic E-state index is 12.9. The molecule has 0 N–H and O–H groups in total. The number of hydrogen-bond acceptors (Lipinski definition) is 5. The molecule has 2 aromatic carbocycles. The van der Waals surface area contributed by atoms with E-state index in [0.29, 0.717) is 43.2 Å². The zero-order chi connectivity index (χ0) is 22.3. The Bertz CT molecular complexity index is 1130. The average Bonchev–Trinajstić information content (AvgIpc) is 3.64. The van der Waals surface area contributed by atoms with E-state index in [-0.39, 0.29) is 23.2 Å². The van der Waals surface area contributed by atoms with Gasteiger partial charge in [0.25, 0.3) is 11.8 Å². The summed E-state index contributed by atoms with van der Waals surface area (Å²) < 4.78 is 30.3. The molecule has 0 radical (unpaired) electrons. The molecular formula is C24H26N2O5S. The van der Waals surface area contributed by atoms with Crippen LogP contribution in [-0.4, -0.2) is 74.2 Å². The summed E-state index contributed by atoms with van der Waals surface area (Å²) in [7, 11) is -3.24. The van der Waals surface area contributed by atoms with Crippen molar-refractivity contribution in [3.8, 4) is 11.1 Å². The highest BCUT2D eigenvalue weighted by Gasteiger charge is 2.37. The van der Waals surface area contributed by atoms with E-state index in [0.717, 1.165) is 30.4 Å². The van der Waals surface area contributed by atoms with Gasteiger partial charge in [0, 0.05) is 38.2 Å². The number of benzene rings is 2. The van der Waals surface area contributed by atoms with Crippen molar-refractivity contribution in [3.63, 3.8) is 0 Å². The Morgan fingerprint density at radius 3 is 2.09 bits per heavy atom. The van der Waals surface area contributed by atoms with E-state index in [2.05, 4.69) is 0 Å². The van der Waals surface area contributed by atoms with Gasteiger partial charge in [-0.1, -0.05) is 24.3 Å². The Morgan fingerprint density at radius 1 is 0.844 bits per heavy atom. The second-order valence-corrected chi connectivity index (χ2v) is 10.8. The molecular weight excluding hydrogens is 428 g/mol. The molecule has 1 aliphatic carbocycles. The van der Waals surface area contributed by atoms with E-state index in [1.807, 2.05) is 18.2 Å². The smallest absolute Gasteiger partial charge is 0.253 e. The third kappa shape index (κ3) is 4.04. The van der Waals surface area contributed by atoms with Crippen LogP contribution in [0.5, 0.6) is 0 Å². The molecule has 8 heteroatoms. The molecule has 168 valence electrons. The van der Waals surface area contributed by atoms with Gasteiger partial charge in [0.05, 0.1) is 16.8 Å². The topological polar surface area (TPSA) is 84.0 Å². The second-order valence-electron chi connectivity index (χ2n) is 8.62. The second kappa shape index (κ2) is 8.33. The molecule has 5 rings (SSSR count). The molecule has 1 atom stereocenters. The first-order chi connectivity index (χ1) is 15.4. The summed E-state index contributed by atoms with van der Waals surface area (Å²) in [5.41, 5.74) is 2.26. The molecule has 1 unspecified atom stereocenters. The molecule has 1 saturated carbocycles. The summed E-state index contributed by atoms with van der Waals surface area (Å²) in [4.78, 5) is 29.1. The van der Waals surface area contributed by atoms with E-state index < -0.39 is 9.84 Å². The fourth-order valence-corrected chi connectivity index (χ4v) is 5.88. The lowest BCUT2D eigenvalue weighted by molar-refractivity contribution is -0.157. The molecule has 2 aliphatic heterocycles. The fourth-order valence-electron chi connectivity index (χ4n) is 4.18. The number of hydrogen-bond donors (Lipinski definition) is 0. The molecule has 7 nitrogen and oxygen atoms in total. The van der Waals surface area contributed by atoms with Crippen molar-refractivity contribution in [1.29, 1.82) is 0 Å². The first kappa shape index (κ1) is 21.2. The van der Waals surface area contributed by atoms with Crippen LogP contribution in [0, 0.1) is 0 Å². The number of nitrogens with zero attached hydrogens (tertiary/aromatic N) is 2. The van der Waals surface area contributed by atoms with Crippen molar-refractivity contribution >= 4 is 21.7 Å². The van der Waals surface area contributed by atoms with Crippen molar-refractivity contribution in [2.45, 2.75) is 35.5 Å². The Morgan fingerprint density at radius 2 is 1.50 bits per heavy atom. The predicted molar refractivity (Wildman–Crippen MR) is 119 cm³/mol. The maximum Gasteiger partial charge on any atom is 0.253 e. The predicted octanol–water partition coefficient (Wildman–Crippen LogP) is 2.36. The van der Waals surface area contributed by atoms with Crippen molar-refractivity contribution in [3.05, 3.63) is 54.1 Å². The van der Waals surface area contributed by atoms with E-state index >= 15 is 0 Å². The van der Waals surface area contributed by atoms with E-state index in [4.69, 9.17) is 4.74 Å². The van der Waals surface area contributed by atoms with Gasteiger partial charge in [-0.15, -0.1) is 0 Å². The van der Waals surface area contributed by atoms with Gasteiger partial charge in [0.1, 0.15) is 6.10 Å². The lowest BCUT2D eigenvalue weighted by Crippen LogP contribution is -2.54. The van der Waals surface area contributed by atoms with Crippen LogP contribution in [-0.2, 0) is 19.4 Å². The molecule has 0 spiro atoms. The highest BCUT2D eigenvalue weighted by atomic mass is 32.2. The molecule has 3 fully saturated rings. The molecule has 3 aliphatic rings. The summed E-state index contributed by atoms with van der Waals surface area (Å²) in [5.74, 6) is -0.0350. The van der Waals surface area contributed by atoms with Crippen LogP contribution in [0.3, 0.4) is 0 Å². The summed E-state index contributed by atoms with van der Waals surface area (Å²) in [6.45, 7) is 2.68. The number of carbonyl (C=O) groups excluding carboxylic acids is 2. The Labute approximate surface area is 187 Å². The van der Waals surface area contributed by atoms with Crippen LogP contribution in [0.25, 0.3) is 11.1 Å². The number of amides is 2. The van der Waals surface area contributed by atoms with Crippen molar-refractivity contribution in [2.75, 3.05) is 32.8 Å². The molecule has 2 aromatic rings. The lowest BCUT2D eigenvalue weighted by Gasteiger charge is -2.38. The maximum atomic E-state index is 12.9. The zero-order valence-corrected chi connectivity index (χ0v) is 18.6. The number of rotatable bonds is 5. The van der Waals surface area contributed by atoms with Crippen molar-refractivity contribution in [2.24, 2.45) is 0 Å². The van der Waals surface area contributed by atoms with Crippen molar-refractivity contribution in [1.82, 2.24) is 9.80 Å². The van der Waals surface area contributed by atoms with Gasteiger partial charge < -0.3 is 14.5 Å². The summed E-state index contributed by atoms with van der Waals surface area (Å²) in [5, 5.41) is -0.241. The van der Waals surface area contributed by atoms with Crippen molar-refractivity contribution < 1.29 is 22.7 Å². The van der Waals surface area contributed by atoms with E-state index in [9.17, 15) is 18.0 Å². The Kier molecular flexibility index (Phi) is 5.51. The molecule has 2 amide bonds. The molecule has 32 heavy (non-hydrogen) atoms. The number of sulfone groups is 1. The highest BCUT2D eigenvalue weighted by molar-refractivity contribution is 7.92. The van der Waals surface area contributed by atoms with Crippen LogP contribution in [0.1, 0.15) is 29.6 Å². The van der Waals surface area contributed by atoms with E-state index in [1.165, 1.54) is 0 Å². The van der Waals surface area contributed by atoms with Gasteiger partial charge in [0.15, 0.2) is 9.84 Å². The lowest BCUT2D eigenvalue weighted by atomic mass is 10.0. The van der Waals surface area contributed by atoms with Gasteiger partial charge in [-0.05, 0) is 48.2 Å². The molecule has 0 aromatic heterocycles. The highest BCUT2D eigenvalue weighted by Crippen LogP contribution is 2.34. The van der Waals surface area contributed by atoms with Crippen LogP contribution in [0.4, 0.5) is 0 Å². The monoisotopic (exact) mass is 454 g/mol. The van der Waals surface area contributed by atoms with Gasteiger partial charge in [-0.3, -0.25) is 9.59 Å². The van der Waals surface area contributed by atoms with Gasteiger partial charge in [0.2, 0.25) is 0 Å². The minimum atomic E-state index is -3.24. The van der Waals surface area contributed by atoms with Gasteiger partial charge >= 0.3 is 0 Å². The van der Waals surface area contributed by atoms with E-state index in [1.54, 1.807) is 40.1 Å². The van der Waals surface area contributed by atoms with Gasteiger partial charge in [-0.2, -0.15) is 0 Å². The first-order valence-electron chi connectivity index (χ1n) is 11.1. The molecule has 2 heterocycles. The quantitative estimate of drug-likeness (QED) is 0.693. The van der Waals surface area contributed by atoms with Gasteiger partial charge in [-0.25, -0.2) is 8.42 Å². The Balaban J connectivity index is 1.24. The third-order valence-corrected chi connectivity index (χ3v) is 8.70. The van der Waals surface area contributed by atoms with Crippen LogP contribution >= 0.6 is 0 Å². The SMILES string of the molecule is O=C(c1ccc(-c2cccc(S(=O)(=O)C3CC3)c2)cc1)N1CCN(C(=O)C2CCO2)CC1. The number of carbonyl (C=O) groups is 2. The molecule has 0 bridgehead atoms. The number of piperazine rings is 1. The van der Waals surface area contributed by atoms with Crippen LogP contribution in [0.2, 0.25) is 0 Å². The zero-order valence-electron chi connectivity index (χ0n) is 17.8. The largest absolute Gasteiger partial charge is 0.368 e. The molecule has 2 saturated heterocycles. The summed E-state index contributed by atoms with van der Waals surface area (Å²) >= 11 is 0. The average molecular weight is 455 g/mol. The standard InChI is InChI=1S/C24H26N2O5S/c27-23(25-11-13-26(14-12-25)24(28)22-10-15-31-22)18-6-4-17(5-7-18)19-2-1-3-21(16-19)32(29,30)20-8-9-20/h1-7,16,20,22H,8-15H2. The first-order valence-corrected chi connectivity index (χ1v) is 12.6. The minimum absolute atomic E-state index is 0.0265. The normalized spacial score (nSPS) is 21.2. The summed E-state index contributed by atoms with van der Waals surface area (Å²) in [6, 6.07) is 14.3. The third-order valence-electron chi connectivity index (χ3n) is 6.44. The number of ether oxygens (including phenoxy) is 1. The van der Waals surface area contributed by atoms with Crippen LogP contribution < -0.4 is 0 Å². The fraction of sp³-hybridized carbons (Fsp3) is 0.417. The summed E-state index contributed by atoms with van der Waals surface area (Å²) in [6.07, 6.45) is 1.95. The minimum Gasteiger partial charge on any atom is -0.368 e. The van der Waals surface area contributed by atoms with Crippen LogP contribution in [0.15, 0.2) is 53.4 Å².